The standard InChI is InChI=1S/C37H39N7O9/c1-20(2)24-17-25(30(46)18-29(24)45)33-39-40-36(51)44(33)22-10-8-21(9-11-22)16-32(48)41(3)14-5-15-42(37(52)53)27-7-4-6-23-26(27)19-43(35(23)50)28-12-13-31(47)38-34(28)49/h4,6-11,17-18,20,28,45-46H,5,12-16,19H2,1-3H3,(H,40,51)(H,52,53)(H,38,47,49). The number of phenols is 2. The molecule has 16 nitrogen and oxygen atoms in total. The molecule has 0 bridgehead atoms. The van der Waals surface area contributed by atoms with Crippen molar-refractivity contribution in [3.63, 3.8) is 0 Å². The minimum absolute atomic E-state index is 0.0203. The van der Waals surface area contributed by atoms with Gasteiger partial charge in [0.05, 0.1) is 23.4 Å². The lowest BCUT2D eigenvalue weighted by molar-refractivity contribution is -0.137. The summed E-state index contributed by atoms with van der Waals surface area (Å²) < 4.78 is 1.28. The second kappa shape index (κ2) is 14.7. The molecule has 6 rings (SSSR count). The van der Waals surface area contributed by atoms with Crippen molar-refractivity contribution in [1.29, 1.82) is 0 Å². The van der Waals surface area contributed by atoms with Gasteiger partial charge in [0.25, 0.3) is 5.91 Å². The molecule has 0 radical (unpaired) electrons. The van der Waals surface area contributed by atoms with E-state index in [0.717, 1.165) is 4.90 Å². The number of anilines is 1. The first-order valence-corrected chi connectivity index (χ1v) is 17.1. The molecule has 16 heteroatoms. The van der Waals surface area contributed by atoms with Crippen LogP contribution in [0.2, 0.25) is 0 Å². The zero-order valence-electron chi connectivity index (χ0n) is 29.3. The largest absolute Gasteiger partial charge is 0.508 e. The molecule has 5 N–H and O–H groups in total. The van der Waals surface area contributed by atoms with Crippen LogP contribution in [0.15, 0.2) is 59.4 Å². The molecule has 2 aliphatic heterocycles. The molecule has 276 valence electrons. The van der Waals surface area contributed by atoms with E-state index in [0.29, 0.717) is 33.6 Å². The lowest BCUT2D eigenvalue weighted by Gasteiger charge is -2.29. The number of aromatic nitrogens is 3. The number of H-pyrrole nitrogens is 1. The number of hydrogen-bond acceptors (Lipinski definition) is 9. The number of carbonyl (C=O) groups is 5. The third-order valence-corrected chi connectivity index (χ3v) is 9.61. The molecule has 1 saturated heterocycles. The maximum Gasteiger partial charge on any atom is 0.411 e. The van der Waals surface area contributed by atoms with Gasteiger partial charge in [-0.3, -0.25) is 29.4 Å². The molecule has 0 spiro atoms. The molecule has 3 aromatic carbocycles. The van der Waals surface area contributed by atoms with Gasteiger partial charge in [-0.1, -0.05) is 32.0 Å². The molecule has 53 heavy (non-hydrogen) atoms. The van der Waals surface area contributed by atoms with Crippen LogP contribution in [0.1, 0.15) is 66.1 Å². The Morgan fingerprint density at radius 1 is 0.981 bits per heavy atom. The third kappa shape index (κ3) is 7.20. The molecule has 3 heterocycles. The van der Waals surface area contributed by atoms with Crippen molar-refractivity contribution in [3.8, 4) is 28.6 Å². The van der Waals surface area contributed by atoms with E-state index in [1.165, 1.54) is 20.4 Å². The van der Waals surface area contributed by atoms with Crippen molar-refractivity contribution >= 4 is 35.4 Å². The number of imide groups is 1. The Morgan fingerprint density at radius 3 is 2.40 bits per heavy atom. The molecule has 5 amide bonds. The quantitative estimate of drug-likeness (QED) is 0.142. The normalized spacial score (nSPS) is 15.4. The summed E-state index contributed by atoms with van der Waals surface area (Å²) in [6, 6.07) is 13.4. The van der Waals surface area contributed by atoms with E-state index < -0.39 is 35.5 Å². The zero-order chi connectivity index (χ0) is 38.1. The van der Waals surface area contributed by atoms with Gasteiger partial charge >= 0.3 is 11.8 Å². The number of carboxylic acid groups (broad SMARTS) is 1. The number of aromatic amines is 1. The number of nitrogens with one attached hydrogen (secondary N) is 2. The highest BCUT2D eigenvalue weighted by Crippen LogP contribution is 2.38. The first-order chi connectivity index (χ1) is 25.2. The van der Waals surface area contributed by atoms with E-state index in [1.54, 1.807) is 55.6 Å². The Labute approximate surface area is 303 Å². The van der Waals surface area contributed by atoms with E-state index >= 15 is 0 Å². The topological polar surface area (TPSA) is 218 Å². The van der Waals surface area contributed by atoms with Gasteiger partial charge in [-0.25, -0.2) is 19.3 Å². The number of rotatable bonds is 11. The summed E-state index contributed by atoms with van der Waals surface area (Å²) in [6.07, 6.45) is -0.627. The van der Waals surface area contributed by atoms with Gasteiger partial charge in [-0.05, 0) is 60.2 Å². The summed E-state index contributed by atoms with van der Waals surface area (Å²) in [7, 11) is 1.62. The molecule has 0 saturated carbocycles. The number of likely N-dealkylation sites (N-methyl/N-ethyl adjacent to an activating group) is 1. The monoisotopic (exact) mass is 725 g/mol. The average Bonchev–Trinajstić information content (AvgIpc) is 3.66. The van der Waals surface area contributed by atoms with Crippen LogP contribution in [0, 0.1) is 0 Å². The number of benzene rings is 3. The Kier molecular flexibility index (Phi) is 10.0. The van der Waals surface area contributed by atoms with Gasteiger partial charge in [0, 0.05) is 50.3 Å². The van der Waals surface area contributed by atoms with Crippen molar-refractivity contribution in [3.05, 3.63) is 87.3 Å². The van der Waals surface area contributed by atoms with Gasteiger partial charge in [0.15, 0.2) is 5.82 Å². The van der Waals surface area contributed by atoms with Gasteiger partial charge in [-0.2, -0.15) is 5.10 Å². The highest BCUT2D eigenvalue weighted by molar-refractivity contribution is 6.06. The SMILES string of the molecule is CC(C)c1cc(-c2n[nH]c(=O)n2-c2ccc(CC(=O)N(C)CCCN(C(=O)O)c3cccc4c3CN(C3CCC(=O)NC3=O)C4=O)cc2)c(O)cc1O. The Bertz CT molecular complexity index is 2170. The van der Waals surface area contributed by atoms with Crippen molar-refractivity contribution in [2.75, 3.05) is 25.0 Å². The van der Waals surface area contributed by atoms with Gasteiger partial charge in [0.1, 0.15) is 17.5 Å². The number of aromatic hydroxyl groups is 2. The van der Waals surface area contributed by atoms with E-state index in [-0.39, 0.29) is 80.0 Å². The molecular weight excluding hydrogens is 686 g/mol. The first kappa shape index (κ1) is 36.3. The van der Waals surface area contributed by atoms with Gasteiger partial charge in [-0.15, -0.1) is 0 Å². The highest BCUT2D eigenvalue weighted by atomic mass is 16.4. The predicted octanol–water partition coefficient (Wildman–Crippen LogP) is 3.10. The van der Waals surface area contributed by atoms with Crippen molar-refractivity contribution < 1.29 is 39.3 Å². The number of fused-ring (bicyclic) bond motifs is 1. The Morgan fingerprint density at radius 2 is 1.72 bits per heavy atom. The highest BCUT2D eigenvalue weighted by Gasteiger charge is 2.40. The minimum Gasteiger partial charge on any atom is -0.508 e. The van der Waals surface area contributed by atoms with E-state index in [4.69, 9.17) is 0 Å². The van der Waals surface area contributed by atoms with Crippen LogP contribution >= 0.6 is 0 Å². The number of amides is 5. The maximum atomic E-state index is 13.2. The van der Waals surface area contributed by atoms with Crippen LogP contribution in [-0.4, -0.2) is 95.8 Å². The number of piperidine rings is 1. The minimum atomic E-state index is -1.24. The fourth-order valence-electron chi connectivity index (χ4n) is 6.76. The molecular formula is C37H39N7O9. The van der Waals surface area contributed by atoms with Gasteiger partial charge < -0.3 is 25.1 Å². The summed E-state index contributed by atoms with van der Waals surface area (Å²) in [5.41, 5.74) is 2.47. The van der Waals surface area contributed by atoms with Crippen LogP contribution in [0.3, 0.4) is 0 Å². The van der Waals surface area contributed by atoms with Crippen molar-refractivity contribution in [2.45, 2.75) is 58.0 Å². The molecule has 1 unspecified atom stereocenters. The van der Waals surface area contributed by atoms with Gasteiger partial charge in [0.2, 0.25) is 17.7 Å². The van der Waals surface area contributed by atoms with Crippen molar-refractivity contribution in [1.82, 2.24) is 29.9 Å². The number of nitrogens with zero attached hydrogens (tertiary/aromatic N) is 5. The lowest BCUT2D eigenvalue weighted by atomic mass is 9.98. The van der Waals surface area contributed by atoms with E-state index in [2.05, 4.69) is 15.5 Å². The summed E-state index contributed by atoms with van der Waals surface area (Å²) in [5.74, 6) is -1.82. The lowest BCUT2D eigenvalue weighted by Crippen LogP contribution is -2.52. The number of phenolic OH excluding ortho intramolecular Hbond substituents is 2. The summed E-state index contributed by atoms with van der Waals surface area (Å²) in [5, 5.41) is 39.7. The van der Waals surface area contributed by atoms with Crippen molar-refractivity contribution in [2.24, 2.45) is 0 Å². The number of hydrogen-bond donors (Lipinski definition) is 5. The summed E-state index contributed by atoms with van der Waals surface area (Å²) in [4.78, 5) is 79.7. The molecule has 4 aromatic rings. The fraction of sp³-hybridized carbons (Fsp3) is 0.324. The van der Waals surface area contributed by atoms with Crippen LogP contribution in [0.5, 0.6) is 11.5 Å². The second-order valence-corrected chi connectivity index (χ2v) is 13.4. The van der Waals surface area contributed by atoms with Crippen LogP contribution in [-0.2, 0) is 27.3 Å². The Hall–Kier alpha value is -6.45. The van der Waals surface area contributed by atoms with Crippen LogP contribution in [0.25, 0.3) is 17.1 Å². The van der Waals surface area contributed by atoms with E-state index in [1.807, 2.05) is 13.8 Å². The molecule has 1 atom stereocenters. The fourth-order valence-corrected chi connectivity index (χ4v) is 6.76. The molecule has 0 aliphatic carbocycles. The summed E-state index contributed by atoms with van der Waals surface area (Å²) in [6.45, 7) is 4.06. The van der Waals surface area contributed by atoms with Crippen LogP contribution < -0.4 is 15.9 Å². The smallest absolute Gasteiger partial charge is 0.411 e. The first-order valence-electron chi connectivity index (χ1n) is 17.1. The molecule has 1 fully saturated rings. The summed E-state index contributed by atoms with van der Waals surface area (Å²) >= 11 is 0. The molecule has 2 aliphatic rings. The zero-order valence-corrected chi connectivity index (χ0v) is 29.3. The average molecular weight is 726 g/mol. The van der Waals surface area contributed by atoms with Crippen LogP contribution in [0.4, 0.5) is 10.5 Å². The Balaban J connectivity index is 1.09. The molecule has 1 aromatic heterocycles. The number of carbonyl (C=O) groups excluding carboxylic acids is 4. The maximum absolute atomic E-state index is 13.2. The van der Waals surface area contributed by atoms with E-state index in [9.17, 15) is 44.1 Å². The third-order valence-electron chi connectivity index (χ3n) is 9.61. The second-order valence-electron chi connectivity index (χ2n) is 13.4. The predicted molar refractivity (Wildman–Crippen MR) is 191 cm³/mol.